The summed E-state index contributed by atoms with van der Waals surface area (Å²) in [6.07, 6.45) is 5.56. The van der Waals surface area contributed by atoms with E-state index in [4.69, 9.17) is 11.2 Å². The van der Waals surface area contributed by atoms with Crippen LogP contribution in [0.1, 0.15) is 10.4 Å². The molecule has 5 heteroatoms. The lowest BCUT2D eigenvalue weighted by molar-refractivity contribution is 0.0997. The van der Waals surface area contributed by atoms with Crippen molar-refractivity contribution in [2.24, 2.45) is 4.99 Å². The number of methoxy groups -OCH3 is 1. The lowest BCUT2D eigenvalue weighted by Crippen LogP contribution is -2.16. The van der Waals surface area contributed by atoms with Gasteiger partial charge >= 0.3 is 0 Å². The zero-order chi connectivity index (χ0) is 18.8. The predicted molar refractivity (Wildman–Crippen MR) is 109 cm³/mol. The monoisotopic (exact) mass is 372 g/mol. The van der Waals surface area contributed by atoms with Crippen molar-refractivity contribution >= 4 is 38.2 Å². The largest absolute Gasteiger partial charge is 0.497 e. The number of rotatable bonds is 3. The van der Waals surface area contributed by atoms with Gasteiger partial charge in [-0.25, -0.2) is 0 Å². The van der Waals surface area contributed by atoms with E-state index in [0.29, 0.717) is 22.7 Å². The van der Waals surface area contributed by atoms with Crippen LogP contribution in [0.2, 0.25) is 0 Å². The summed E-state index contributed by atoms with van der Waals surface area (Å²) in [5, 5.41) is 2.27. The van der Waals surface area contributed by atoms with Crippen LogP contribution in [0.25, 0.3) is 21.0 Å². The Kier molecular flexibility index (Phi) is 4.49. The molecule has 132 valence electrons. The molecule has 0 saturated carbocycles. The number of fused-ring (bicyclic) bond motifs is 3. The summed E-state index contributed by atoms with van der Waals surface area (Å²) in [7, 11) is 1.57. The molecule has 0 fully saturated rings. The van der Waals surface area contributed by atoms with E-state index in [1.807, 2.05) is 22.8 Å². The van der Waals surface area contributed by atoms with Crippen LogP contribution < -0.4 is 9.54 Å². The van der Waals surface area contributed by atoms with Gasteiger partial charge in [0.15, 0.2) is 4.80 Å². The molecule has 0 bridgehead atoms. The van der Waals surface area contributed by atoms with Crippen molar-refractivity contribution < 1.29 is 9.53 Å². The Balaban J connectivity index is 1.93. The molecule has 1 amide bonds. The molecule has 4 rings (SSSR count). The van der Waals surface area contributed by atoms with Gasteiger partial charge in [-0.05, 0) is 29.7 Å². The number of aromatic nitrogens is 1. The van der Waals surface area contributed by atoms with Crippen molar-refractivity contribution in [2.45, 2.75) is 6.54 Å². The van der Waals surface area contributed by atoms with Gasteiger partial charge in [-0.3, -0.25) is 4.79 Å². The summed E-state index contributed by atoms with van der Waals surface area (Å²) < 4.78 is 8.17. The zero-order valence-corrected chi connectivity index (χ0v) is 15.5. The number of nitrogens with zero attached hydrogens (tertiary/aromatic N) is 2. The van der Waals surface area contributed by atoms with Gasteiger partial charge in [0.2, 0.25) is 0 Å². The first-order valence-corrected chi connectivity index (χ1v) is 9.20. The van der Waals surface area contributed by atoms with Crippen LogP contribution in [0.3, 0.4) is 0 Å². The van der Waals surface area contributed by atoms with Crippen LogP contribution >= 0.6 is 11.3 Å². The maximum absolute atomic E-state index is 12.7. The lowest BCUT2D eigenvalue weighted by Gasteiger charge is -2.02. The van der Waals surface area contributed by atoms with Crippen molar-refractivity contribution in [1.82, 2.24) is 4.57 Å². The molecule has 0 saturated heterocycles. The van der Waals surface area contributed by atoms with Crippen LogP contribution in [0, 0.1) is 12.3 Å². The molecule has 0 spiro atoms. The quantitative estimate of drug-likeness (QED) is 0.505. The molecule has 0 atom stereocenters. The van der Waals surface area contributed by atoms with Crippen LogP contribution in [-0.2, 0) is 6.54 Å². The average Bonchev–Trinajstić information content (AvgIpc) is 3.06. The lowest BCUT2D eigenvalue weighted by atomic mass is 10.1. The summed E-state index contributed by atoms with van der Waals surface area (Å²) in [5.41, 5.74) is 1.46. The highest BCUT2D eigenvalue weighted by Crippen LogP contribution is 2.27. The normalized spacial score (nSPS) is 11.6. The highest BCUT2D eigenvalue weighted by Gasteiger charge is 2.11. The average molecular weight is 372 g/mol. The third-order valence-electron chi connectivity index (χ3n) is 4.34. The Morgan fingerprint density at radius 1 is 1.19 bits per heavy atom. The van der Waals surface area contributed by atoms with Gasteiger partial charge in [0.1, 0.15) is 5.75 Å². The topological polar surface area (TPSA) is 43.6 Å². The molecule has 1 heterocycles. The number of hydrogen-bond donors (Lipinski definition) is 0. The molecule has 1 aromatic heterocycles. The van der Waals surface area contributed by atoms with Crippen molar-refractivity contribution in [3.05, 3.63) is 71.0 Å². The van der Waals surface area contributed by atoms with Gasteiger partial charge in [0, 0.05) is 10.9 Å². The molecule has 4 nitrogen and oxygen atoms in total. The zero-order valence-electron chi connectivity index (χ0n) is 14.7. The molecule has 0 radical (unpaired) electrons. The minimum atomic E-state index is -0.324. The Morgan fingerprint density at radius 3 is 2.85 bits per heavy atom. The van der Waals surface area contributed by atoms with Crippen molar-refractivity contribution in [1.29, 1.82) is 0 Å². The SMILES string of the molecule is C#CCn1c(=NC(=O)c2cccc(OC)c2)sc2c3ccccc3ccc21. The number of carbonyl (C=O) groups is 1. The second-order valence-electron chi connectivity index (χ2n) is 5.96. The molecule has 0 N–H and O–H groups in total. The Bertz CT molecular complexity index is 1270. The van der Waals surface area contributed by atoms with Crippen molar-refractivity contribution in [3.8, 4) is 18.1 Å². The van der Waals surface area contributed by atoms with Crippen LogP contribution in [0.15, 0.2) is 65.7 Å². The summed E-state index contributed by atoms with van der Waals surface area (Å²) in [6.45, 7) is 0.350. The Hall–Kier alpha value is -3.36. The molecule has 27 heavy (non-hydrogen) atoms. The number of benzene rings is 3. The molecule has 0 aliphatic heterocycles. The van der Waals surface area contributed by atoms with Crippen LogP contribution in [0.5, 0.6) is 5.75 Å². The molecule has 0 unspecified atom stereocenters. The molecule has 4 aromatic rings. The first kappa shape index (κ1) is 17.1. The molecule has 0 aliphatic carbocycles. The van der Waals surface area contributed by atoms with E-state index < -0.39 is 0 Å². The van der Waals surface area contributed by atoms with Gasteiger partial charge in [-0.15, -0.1) is 6.42 Å². The molecular weight excluding hydrogens is 356 g/mol. The van der Waals surface area contributed by atoms with E-state index in [1.165, 1.54) is 11.3 Å². The van der Waals surface area contributed by atoms with E-state index in [9.17, 15) is 4.79 Å². The minimum absolute atomic E-state index is 0.324. The highest BCUT2D eigenvalue weighted by atomic mass is 32.1. The van der Waals surface area contributed by atoms with E-state index in [1.54, 1.807) is 31.4 Å². The predicted octanol–water partition coefficient (Wildman–Crippen LogP) is 4.24. The van der Waals surface area contributed by atoms with Gasteiger partial charge in [0.25, 0.3) is 5.91 Å². The van der Waals surface area contributed by atoms with Crippen LogP contribution in [0.4, 0.5) is 0 Å². The van der Waals surface area contributed by atoms with E-state index in [0.717, 1.165) is 21.0 Å². The number of ether oxygens (including phenoxy) is 1. The summed E-state index contributed by atoms with van der Waals surface area (Å²) >= 11 is 1.47. The summed E-state index contributed by atoms with van der Waals surface area (Å²) in [6, 6.07) is 19.2. The standard InChI is InChI=1S/C22H16N2O2S/c1-3-13-24-19-12-11-15-7-4-5-10-18(15)20(19)27-22(24)23-21(25)16-8-6-9-17(14-16)26-2/h1,4-12,14H,13H2,2H3. The van der Waals surface area contributed by atoms with E-state index in [-0.39, 0.29) is 5.91 Å². The molecule has 3 aromatic carbocycles. The fourth-order valence-electron chi connectivity index (χ4n) is 3.04. The second kappa shape index (κ2) is 7.10. The maximum atomic E-state index is 12.7. The fraction of sp³-hybridized carbons (Fsp3) is 0.0909. The van der Waals surface area contributed by atoms with Gasteiger partial charge in [-0.1, -0.05) is 53.7 Å². The van der Waals surface area contributed by atoms with E-state index >= 15 is 0 Å². The first-order chi connectivity index (χ1) is 13.2. The van der Waals surface area contributed by atoms with Crippen molar-refractivity contribution in [3.63, 3.8) is 0 Å². The van der Waals surface area contributed by atoms with Gasteiger partial charge in [0.05, 0.1) is 23.9 Å². The minimum Gasteiger partial charge on any atom is -0.497 e. The third kappa shape index (κ3) is 3.12. The highest BCUT2D eigenvalue weighted by molar-refractivity contribution is 7.17. The third-order valence-corrected chi connectivity index (χ3v) is 5.46. The molecule has 0 aliphatic rings. The fourth-order valence-corrected chi connectivity index (χ4v) is 4.20. The Labute approximate surface area is 160 Å². The second-order valence-corrected chi connectivity index (χ2v) is 6.94. The number of thiazole rings is 1. The number of terminal acetylenes is 1. The Morgan fingerprint density at radius 2 is 2.04 bits per heavy atom. The maximum Gasteiger partial charge on any atom is 0.279 e. The smallest absolute Gasteiger partial charge is 0.279 e. The van der Waals surface area contributed by atoms with Crippen molar-refractivity contribution in [2.75, 3.05) is 7.11 Å². The van der Waals surface area contributed by atoms with E-state index in [2.05, 4.69) is 29.1 Å². The summed E-state index contributed by atoms with van der Waals surface area (Å²) in [4.78, 5) is 17.6. The molecular formula is C22H16N2O2S. The number of amides is 1. The number of carbonyl (C=O) groups excluding carboxylic acids is 1. The van der Waals surface area contributed by atoms with Crippen LogP contribution in [-0.4, -0.2) is 17.6 Å². The van der Waals surface area contributed by atoms with Gasteiger partial charge < -0.3 is 9.30 Å². The number of hydrogen-bond acceptors (Lipinski definition) is 3. The van der Waals surface area contributed by atoms with Gasteiger partial charge in [-0.2, -0.15) is 4.99 Å². The first-order valence-electron chi connectivity index (χ1n) is 8.39. The summed E-state index contributed by atoms with van der Waals surface area (Å²) in [5.74, 6) is 2.96.